The van der Waals surface area contributed by atoms with E-state index in [1.54, 1.807) is 12.1 Å². The minimum Gasteiger partial charge on any atom is -0.446 e. The van der Waals surface area contributed by atoms with Gasteiger partial charge in [0.05, 0.1) is 0 Å². The minimum absolute atomic E-state index is 0.170. The Bertz CT molecular complexity index is 410. The number of furan rings is 1. The van der Waals surface area contributed by atoms with Crippen molar-refractivity contribution in [3.8, 4) is 0 Å². The summed E-state index contributed by atoms with van der Waals surface area (Å²) in [6.07, 6.45) is 6.03. The van der Waals surface area contributed by atoms with E-state index in [-0.39, 0.29) is 5.78 Å². The van der Waals surface area contributed by atoms with Gasteiger partial charge in [-0.2, -0.15) is 0 Å². The first kappa shape index (κ1) is 10.6. The molecule has 0 N–H and O–H groups in total. The van der Waals surface area contributed by atoms with Gasteiger partial charge in [-0.1, -0.05) is 6.42 Å². The van der Waals surface area contributed by atoms with Crippen LogP contribution in [0, 0.1) is 17.8 Å². The fourth-order valence-corrected chi connectivity index (χ4v) is 3.74. The van der Waals surface area contributed by atoms with Crippen LogP contribution in [-0.4, -0.2) is 5.78 Å². The van der Waals surface area contributed by atoms with E-state index in [1.165, 1.54) is 25.7 Å². The van der Waals surface area contributed by atoms with Crippen LogP contribution in [0.4, 0.5) is 0 Å². The van der Waals surface area contributed by atoms with Crippen LogP contribution >= 0.6 is 15.9 Å². The van der Waals surface area contributed by atoms with E-state index in [0.29, 0.717) is 22.8 Å². The van der Waals surface area contributed by atoms with Crippen LogP contribution in [-0.2, 0) is 0 Å². The lowest BCUT2D eigenvalue weighted by atomic mass is 9.85. The molecule has 1 aromatic rings. The van der Waals surface area contributed by atoms with Gasteiger partial charge < -0.3 is 4.42 Å². The molecular weight excluding hydrogens is 268 g/mol. The quantitative estimate of drug-likeness (QED) is 0.783. The highest BCUT2D eigenvalue weighted by atomic mass is 79.9. The third kappa shape index (κ3) is 1.86. The molecule has 2 aliphatic rings. The maximum Gasteiger partial charge on any atom is 0.198 e. The van der Waals surface area contributed by atoms with Crippen LogP contribution in [0.2, 0.25) is 0 Å². The zero-order valence-electron chi connectivity index (χ0n) is 9.12. The van der Waals surface area contributed by atoms with E-state index < -0.39 is 0 Å². The molecule has 3 heteroatoms. The summed E-state index contributed by atoms with van der Waals surface area (Å²) in [7, 11) is 0. The number of fused-ring (bicyclic) bond motifs is 2. The van der Waals surface area contributed by atoms with Gasteiger partial charge in [0.2, 0.25) is 0 Å². The Morgan fingerprint density at radius 1 is 1.38 bits per heavy atom. The van der Waals surface area contributed by atoms with Crippen LogP contribution < -0.4 is 0 Å². The lowest BCUT2D eigenvalue weighted by molar-refractivity contribution is 0.0915. The van der Waals surface area contributed by atoms with Gasteiger partial charge >= 0.3 is 0 Å². The lowest BCUT2D eigenvalue weighted by Crippen LogP contribution is -2.14. The van der Waals surface area contributed by atoms with Crippen LogP contribution in [0.15, 0.2) is 21.2 Å². The topological polar surface area (TPSA) is 30.2 Å². The predicted molar refractivity (Wildman–Crippen MR) is 64.3 cm³/mol. The zero-order chi connectivity index (χ0) is 11.1. The van der Waals surface area contributed by atoms with E-state index in [0.717, 1.165) is 11.8 Å². The Labute approximate surface area is 104 Å². The first-order valence-electron chi connectivity index (χ1n) is 6.01. The second kappa shape index (κ2) is 4.02. The molecule has 86 valence electrons. The van der Waals surface area contributed by atoms with Crippen LogP contribution in [0.25, 0.3) is 0 Å². The molecule has 0 saturated heterocycles. The minimum atomic E-state index is 0.170. The van der Waals surface area contributed by atoms with Gasteiger partial charge in [0.25, 0.3) is 0 Å². The van der Waals surface area contributed by atoms with Crippen molar-refractivity contribution < 1.29 is 9.21 Å². The molecule has 2 saturated carbocycles. The van der Waals surface area contributed by atoms with Crippen LogP contribution in [0.3, 0.4) is 0 Å². The van der Waals surface area contributed by atoms with E-state index in [2.05, 4.69) is 15.9 Å². The molecule has 2 bridgehead atoms. The van der Waals surface area contributed by atoms with Crippen molar-refractivity contribution in [3.63, 3.8) is 0 Å². The van der Waals surface area contributed by atoms with E-state index in [4.69, 9.17) is 4.42 Å². The van der Waals surface area contributed by atoms with Crippen molar-refractivity contribution >= 4 is 21.7 Å². The van der Waals surface area contributed by atoms with Crippen molar-refractivity contribution in [2.45, 2.75) is 32.1 Å². The molecule has 2 fully saturated rings. The number of hydrogen-bond donors (Lipinski definition) is 0. The number of ketones is 1. The summed E-state index contributed by atoms with van der Waals surface area (Å²) in [5.41, 5.74) is 0. The Balaban J connectivity index is 1.65. The molecule has 1 heterocycles. The normalized spacial score (nSPS) is 32.2. The van der Waals surface area contributed by atoms with Crippen molar-refractivity contribution in [2.24, 2.45) is 17.8 Å². The second-order valence-corrected chi connectivity index (χ2v) is 5.95. The van der Waals surface area contributed by atoms with Gasteiger partial charge in [0.1, 0.15) is 0 Å². The van der Waals surface area contributed by atoms with Crippen LogP contribution in [0.1, 0.15) is 42.7 Å². The van der Waals surface area contributed by atoms with E-state index in [9.17, 15) is 4.79 Å². The molecule has 3 atom stereocenters. The third-order valence-electron chi connectivity index (χ3n) is 4.18. The highest BCUT2D eigenvalue weighted by molar-refractivity contribution is 9.10. The number of carbonyl (C=O) groups is 1. The number of rotatable bonds is 3. The smallest absolute Gasteiger partial charge is 0.198 e. The monoisotopic (exact) mass is 282 g/mol. The van der Waals surface area contributed by atoms with E-state index in [1.807, 2.05) is 0 Å². The van der Waals surface area contributed by atoms with Crippen molar-refractivity contribution in [1.82, 2.24) is 0 Å². The highest BCUT2D eigenvalue weighted by Crippen LogP contribution is 2.49. The molecule has 2 nitrogen and oxygen atoms in total. The maximum absolute atomic E-state index is 12.0. The fraction of sp³-hybridized carbons (Fsp3) is 0.615. The first-order valence-corrected chi connectivity index (χ1v) is 6.80. The molecule has 1 aromatic heterocycles. The Morgan fingerprint density at radius 2 is 2.25 bits per heavy atom. The summed E-state index contributed by atoms with van der Waals surface area (Å²) in [5.74, 6) is 3.02. The summed E-state index contributed by atoms with van der Waals surface area (Å²) in [4.78, 5) is 12.0. The Morgan fingerprint density at radius 3 is 2.81 bits per heavy atom. The molecule has 2 aliphatic carbocycles. The average Bonchev–Trinajstić information content (AvgIpc) is 2.92. The second-order valence-electron chi connectivity index (χ2n) is 5.17. The molecule has 0 radical (unpaired) electrons. The van der Waals surface area contributed by atoms with Crippen LogP contribution in [0.5, 0.6) is 0 Å². The average molecular weight is 283 g/mol. The third-order valence-corrected chi connectivity index (χ3v) is 4.61. The largest absolute Gasteiger partial charge is 0.446 e. The molecular formula is C13H15BrO2. The zero-order valence-corrected chi connectivity index (χ0v) is 10.7. The first-order chi connectivity index (χ1) is 7.72. The predicted octanol–water partition coefficient (Wildman–Crippen LogP) is 4.05. The van der Waals surface area contributed by atoms with Gasteiger partial charge in [-0.3, -0.25) is 4.79 Å². The SMILES string of the molecule is O=C(CC1CC2CCC1C2)c1ccc(Br)o1. The fourth-order valence-electron chi connectivity index (χ4n) is 3.43. The number of halogens is 1. The molecule has 0 spiro atoms. The van der Waals surface area contributed by atoms with Gasteiger partial charge in [0.15, 0.2) is 16.2 Å². The van der Waals surface area contributed by atoms with Gasteiger partial charge in [-0.15, -0.1) is 0 Å². The highest BCUT2D eigenvalue weighted by Gasteiger charge is 2.40. The number of Topliss-reactive ketones (excluding diaryl/α,β-unsaturated/α-hetero) is 1. The molecule has 0 amide bonds. The molecule has 16 heavy (non-hydrogen) atoms. The van der Waals surface area contributed by atoms with Crippen molar-refractivity contribution in [1.29, 1.82) is 0 Å². The summed E-state index contributed by atoms with van der Waals surface area (Å²) in [5, 5.41) is 0. The van der Waals surface area contributed by atoms with Gasteiger partial charge in [-0.05, 0) is 65.1 Å². The summed E-state index contributed by atoms with van der Waals surface area (Å²) >= 11 is 3.23. The summed E-state index contributed by atoms with van der Waals surface area (Å²) in [6.45, 7) is 0. The lowest BCUT2D eigenvalue weighted by Gasteiger charge is -2.20. The summed E-state index contributed by atoms with van der Waals surface area (Å²) in [6, 6.07) is 3.55. The van der Waals surface area contributed by atoms with Gasteiger partial charge in [-0.25, -0.2) is 0 Å². The standard InChI is InChI=1S/C13H15BrO2/c14-13-4-3-12(16-13)11(15)7-10-6-8-1-2-9(10)5-8/h3-4,8-10H,1-2,5-7H2. The molecule has 0 aliphatic heterocycles. The number of carbonyl (C=O) groups excluding carboxylic acids is 1. The molecule has 3 rings (SSSR count). The van der Waals surface area contributed by atoms with Crippen molar-refractivity contribution in [2.75, 3.05) is 0 Å². The Kier molecular flexibility index (Phi) is 2.66. The van der Waals surface area contributed by atoms with E-state index >= 15 is 0 Å². The number of hydrogen-bond acceptors (Lipinski definition) is 2. The van der Waals surface area contributed by atoms with Gasteiger partial charge in [0, 0.05) is 6.42 Å². The maximum atomic E-state index is 12.0. The Hall–Kier alpha value is -0.570. The van der Waals surface area contributed by atoms with Crippen molar-refractivity contribution in [3.05, 3.63) is 22.6 Å². The molecule has 3 unspecified atom stereocenters. The summed E-state index contributed by atoms with van der Waals surface area (Å²) < 4.78 is 5.95. The molecule has 0 aromatic carbocycles.